The summed E-state index contributed by atoms with van der Waals surface area (Å²) in [6, 6.07) is 7.65. The minimum absolute atomic E-state index is 0.0438. The van der Waals surface area contributed by atoms with Gasteiger partial charge in [0.1, 0.15) is 11.4 Å². The molecule has 5 nitrogen and oxygen atoms in total. The number of rotatable bonds is 11. The number of hydrogen-bond acceptors (Lipinski definition) is 4. The van der Waals surface area contributed by atoms with Crippen LogP contribution in [0.5, 0.6) is 5.75 Å². The predicted octanol–water partition coefficient (Wildman–Crippen LogP) is 4.09. The van der Waals surface area contributed by atoms with Gasteiger partial charge in [0.2, 0.25) is 0 Å². The van der Waals surface area contributed by atoms with Crippen LogP contribution in [-0.4, -0.2) is 49.3 Å². The summed E-state index contributed by atoms with van der Waals surface area (Å²) in [6.07, 6.45) is 6.76. The van der Waals surface area contributed by atoms with Gasteiger partial charge in [-0.25, -0.2) is 0 Å². The number of amides is 1. The zero-order valence-electron chi connectivity index (χ0n) is 16.8. The second-order valence-electron chi connectivity index (χ2n) is 7.96. The van der Waals surface area contributed by atoms with E-state index in [2.05, 4.69) is 17.1 Å². The normalized spacial score (nSPS) is 19.6. The van der Waals surface area contributed by atoms with E-state index < -0.39 is 5.60 Å². The molecule has 1 heterocycles. The molecule has 0 radical (unpaired) electrons. The number of nitrogens with zero attached hydrogens (tertiary/aromatic N) is 1. The standard InChI is InChI=1S/C22H34N2O3/c1-3-16-27-22(2,18-7-8-18)21(25)23-19-9-11-20(12-10-19)26-17-6-15-24-13-4-5-14-24/h9-12,18H,3-8,13-17H2,1-2H3,(H,23,25)/t22-/m1/s1. The summed E-state index contributed by atoms with van der Waals surface area (Å²) in [5.41, 5.74) is 0.0668. The predicted molar refractivity (Wildman–Crippen MR) is 108 cm³/mol. The minimum Gasteiger partial charge on any atom is -0.494 e. The van der Waals surface area contributed by atoms with Crippen molar-refractivity contribution in [3.05, 3.63) is 24.3 Å². The van der Waals surface area contributed by atoms with Crippen LogP contribution in [0.1, 0.15) is 52.4 Å². The van der Waals surface area contributed by atoms with Gasteiger partial charge in [-0.05, 0) is 88.7 Å². The zero-order chi connectivity index (χ0) is 19.1. The molecule has 3 rings (SSSR count). The van der Waals surface area contributed by atoms with Crippen LogP contribution >= 0.6 is 0 Å². The second kappa shape index (κ2) is 9.56. The van der Waals surface area contributed by atoms with Gasteiger partial charge in [-0.2, -0.15) is 0 Å². The Bertz CT molecular complexity index is 594. The molecule has 27 heavy (non-hydrogen) atoms. The fourth-order valence-corrected chi connectivity index (χ4v) is 3.69. The highest BCUT2D eigenvalue weighted by Crippen LogP contribution is 2.42. The molecule has 1 atom stereocenters. The monoisotopic (exact) mass is 374 g/mol. The highest BCUT2D eigenvalue weighted by molar-refractivity contribution is 5.97. The number of anilines is 1. The van der Waals surface area contributed by atoms with Crippen LogP contribution in [0.2, 0.25) is 0 Å². The van der Waals surface area contributed by atoms with Gasteiger partial charge in [0, 0.05) is 18.8 Å². The number of ether oxygens (including phenoxy) is 2. The first kappa shape index (κ1) is 20.2. The van der Waals surface area contributed by atoms with Crippen molar-refractivity contribution in [1.82, 2.24) is 4.90 Å². The third-order valence-electron chi connectivity index (χ3n) is 5.61. The van der Waals surface area contributed by atoms with E-state index in [1.54, 1.807) is 0 Å². The summed E-state index contributed by atoms with van der Waals surface area (Å²) in [6.45, 7) is 8.91. The fourth-order valence-electron chi connectivity index (χ4n) is 3.69. The lowest BCUT2D eigenvalue weighted by Gasteiger charge is -2.28. The average molecular weight is 375 g/mol. The quantitative estimate of drug-likeness (QED) is 0.593. The van der Waals surface area contributed by atoms with E-state index in [-0.39, 0.29) is 5.91 Å². The summed E-state index contributed by atoms with van der Waals surface area (Å²) < 4.78 is 11.8. The molecule has 0 unspecified atom stereocenters. The average Bonchev–Trinajstić information content (AvgIpc) is 3.42. The molecule has 1 amide bonds. The number of hydrogen-bond donors (Lipinski definition) is 1. The molecule has 1 N–H and O–H groups in total. The van der Waals surface area contributed by atoms with Crippen molar-refractivity contribution in [2.45, 2.75) is 58.0 Å². The van der Waals surface area contributed by atoms with Crippen molar-refractivity contribution in [2.75, 3.05) is 38.2 Å². The van der Waals surface area contributed by atoms with E-state index in [1.165, 1.54) is 25.9 Å². The maximum absolute atomic E-state index is 12.8. The van der Waals surface area contributed by atoms with E-state index in [9.17, 15) is 4.79 Å². The molecule has 0 aromatic heterocycles. The summed E-state index contributed by atoms with van der Waals surface area (Å²) in [4.78, 5) is 15.3. The van der Waals surface area contributed by atoms with Crippen molar-refractivity contribution in [2.24, 2.45) is 5.92 Å². The van der Waals surface area contributed by atoms with Crippen LogP contribution in [0.4, 0.5) is 5.69 Å². The lowest BCUT2D eigenvalue weighted by Crippen LogP contribution is -2.45. The van der Waals surface area contributed by atoms with Gasteiger partial charge < -0.3 is 19.7 Å². The molecule has 0 spiro atoms. The topological polar surface area (TPSA) is 50.8 Å². The molecule has 1 saturated heterocycles. The molecule has 1 aliphatic heterocycles. The highest BCUT2D eigenvalue weighted by atomic mass is 16.5. The third-order valence-corrected chi connectivity index (χ3v) is 5.61. The molecule has 1 aliphatic carbocycles. The van der Waals surface area contributed by atoms with E-state index in [1.807, 2.05) is 31.2 Å². The Hall–Kier alpha value is -1.59. The van der Waals surface area contributed by atoms with Crippen molar-refractivity contribution >= 4 is 11.6 Å². The highest BCUT2D eigenvalue weighted by Gasteiger charge is 2.48. The molecule has 2 aliphatic rings. The maximum Gasteiger partial charge on any atom is 0.256 e. The molecule has 1 aromatic carbocycles. The first-order valence-corrected chi connectivity index (χ1v) is 10.5. The van der Waals surface area contributed by atoms with Gasteiger partial charge in [0.05, 0.1) is 6.61 Å². The first-order chi connectivity index (χ1) is 13.1. The Morgan fingerprint density at radius 3 is 2.52 bits per heavy atom. The Kier molecular flexibility index (Phi) is 7.13. The van der Waals surface area contributed by atoms with E-state index in [0.717, 1.165) is 50.3 Å². The molecule has 1 aromatic rings. The number of benzene rings is 1. The van der Waals surface area contributed by atoms with Gasteiger partial charge in [0.25, 0.3) is 5.91 Å². The Balaban J connectivity index is 1.44. The van der Waals surface area contributed by atoms with Crippen LogP contribution < -0.4 is 10.1 Å². The molecule has 150 valence electrons. The summed E-state index contributed by atoms with van der Waals surface area (Å²) in [5, 5.41) is 3.02. The molecule has 2 fully saturated rings. The van der Waals surface area contributed by atoms with Crippen LogP contribution in [0.25, 0.3) is 0 Å². The van der Waals surface area contributed by atoms with E-state index in [4.69, 9.17) is 9.47 Å². The Labute approximate surface area is 163 Å². The summed E-state index contributed by atoms with van der Waals surface area (Å²) in [7, 11) is 0. The maximum atomic E-state index is 12.8. The summed E-state index contributed by atoms with van der Waals surface area (Å²) in [5.74, 6) is 1.14. The second-order valence-corrected chi connectivity index (χ2v) is 7.96. The van der Waals surface area contributed by atoms with Crippen molar-refractivity contribution in [1.29, 1.82) is 0 Å². The lowest BCUT2D eigenvalue weighted by molar-refractivity contribution is -0.142. The van der Waals surface area contributed by atoms with Crippen LogP contribution in [0.15, 0.2) is 24.3 Å². The van der Waals surface area contributed by atoms with Crippen molar-refractivity contribution < 1.29 is 14.3 Å². The number of carbonyl (C=O) groups is 1. The molecular weight excluding hydrogens is 340 g/mol. The van der Waals surface area contributed by atoms with Gasteiger partial charge in [0.15, 0.2) is 0 Å². The zero-order valence-corrected chi connectivity index (χ0v) is 16.8. The Morgan fingerprint density at radius 2 is 1.89 bits per heavy atom. The first-order valence-electron chi connectivity index (χ1n) is 10.5. The van der Waals surface area contributed by atoms with Gasteiger partial charge in [-0.1, -0.05) is 6.92 Å². The molecule has 5 heteroatoms. The SMILES string of the molecule is CCCO[C@@](C)(C(=O)Nc1ccc(OCCCN2CCCC2)cc1)C1CC1. The molecule has 0 bridgehead atoms. The van der Waals surface area contributed by atoms with Gasteiger partial charge >= 0.3 is 0 Å². The fraction of sp³-hybridized carbons (Fsp3) is 0.682. The smallest absolute Gasteiger partial charge is 0.256 e. The number of nitrogens with one attached hydrogen (secondary N) is 1. The Morgan fingerprint density at radius 1 is 1.19 bits per heavy atom. The molecular formula is C22H34N2O3. The van der Waals surface area contributed by atoms with E-state index >= 15 is 0 Å². The van der Waals surface area contributed by atoms with Gasteiger partial charge in [-0.15, -0.1) is 0 Å². The van der Waals surface area contributed by atoms with Crippen LogP contribution in [0.3, 0.4) is 0 Å². The largest absolute Gasteiger partial charge is 0.494 e. The van der Waals surface area contributed by atoms with Crippen LogP contribution in [-0.2, 0) is 9.53 Å². The summed E-state index contributed by atoms with van der Waals surface area (Å²) >= 11 is 0. The number of likely N-dealkylation sites (tertiary alicyclic amines) is 1. The minimum atomic E-state index is -0.721. The van der Waals surface area contributed by atoms with E-state index in [0.29, 0.717) is 12.5 Å². The molecule has 1 saturated carbocycles. The van der Waals surface area contributed by atoms with Crippen LogP contribution in [0, 0.1) is 5.92 Å². The van der Waals surface area contributed by atoms with Gasteiger partial charge in [-0.3, -0.25) is 4.79 Å². The van der Waals surface area contributed by atoms with Crippen molar-refractivity contribution in [3.8, 4) is 5.75 Å². The lowest BCUT2D eigenvalue weighted by atomic mass is 9.98. The van der Waals surface area contributed by atoms with Crippen molar-refractivity contribution in [3.63, 3.8) is 0 Å². The number of carbonyl (C=O) groups excluding carboxylic acids is 1. The third kappa shape index (κ3) is 5.69.